The van der Waals surface area contributed by atoms with Crippen molar-refractivity contribution in [2.75, 3.05) is 46.4 Å². The molecule has 4 aromatic rings. The molecule has 0 spiro atoms. The second kappa shape index (κ2) is 14.8. The molecular formula is C35H42N4O4S. The van der Waals surface area contributed by atoms with E-state index in [1.54, 1.807) is 31.3 Å². The zero-order valence-electron chi connectivity index (χ0n) is 25.6. The number of ether oxygens (including phenoxy) is 1. The molecule has 0 saturated carbocycles. The summed E-state index contributed by atoms with van der Waals surface area (Å²) in [5, 5.41) is 5.48. The molecule has 0 aromatic heterocycles. The summed E-state index contributed by atoms with van der Waals surface area (Å²) in [6.07, 6.45) is 0.826. The molecule has 0 unspecified atom stereocenters. The number of amides is 2. The van der Waals surface area contributed by atoms with Gasteiger partial charge < -0.3 is 15.0 Å². The monoisotopic (exact) mass is 614 g/mol. The van der Waals surface area contributed by atoms with Gasteiger partial charge in [-0.3, -0.25) is 4.90 Å². The summed E-state index contributed by atoms with van der Waals surface area (Å²) in [6.45, 7) is 7.41. The Morgan fingerprint density at radius 1 is 0.864 bits per heavy atom. The number of benzene rings is 4. The minimum atomic E-state index is -3.67. The van der Waals surface area contributed by atoms with Crippen molar-refractivity contribution in [2.45, 2.75) is 37.4 Å². The molecule has 1 fully saturated rings. The van der Waals surface area contributed by atoms with Crippen molar-refractivity contribution < 1.29 is 17.9 Å². The molecule has 1 N–H and O–H groups in total. The van der Waals surface area contributed by atoms with Gasteiger partial charge in [0.25, 0.3) is 0 Å². The van der Waals surface area contributed by atoms with E-state index < -0.39 is 10.0 Å². The maximum Gasteiger partial charge on any atom is 0.318 e. The van der Waals surface area contributed by atoms with E-state index in [9.17, 15) is 13.2 Å². The highest BCUT2D eigenvalue weighted by Crippen LogP contribution is 2.25. The molecule has 44 heavy (non-hydrogen) atoms. The van der Waals surface area contributed by atoms with Gasteiger partial charge in [0.2, 0.25) is 10.0 Å². The Hall–Kier alpha value is -3.76. The van der Waals surface area contributed by atoms with Crippen LogP contribution in [0.3, 0.4) is 0 Å². The summed E-state index contributed by atoms with van der Waals surface area (Å²) in [7, 11) is -2.07. The summed E-state index contributed by atoms with van der Waals surface area (Å²) in [5.41, 5.74) is 2.86. The van der Waals surface area contributed by atoms with Crippen LogP contribution < -0.4 is 5.32 Å². The van der Waals surface area contributed by atoms with Crippen molar-refractivity contribution in [2.24, 2.45) is 0 Å². The number of nitrogens with one attached hydrogen (secondary N) is 1. The first kappa shape index (κ1) is 31.7. The van der Waals surface area contributed by atoms with E-state index in [1.165, 1.54) is 4.31 Å². The summed E-state index contributed by atoms with van der Waals surface area (Å²) in [6, 6.07) is 30.4. The molecular weight excluding hydrogens is 572 g/mol. The van der Waals surface area contributed by atoms with Crippen LogP contribution in [0.15, 0.2) is 102 Å². The van der Waals surface area contributed by atoms with Crippen LogP contribution in [0.2, 0.25) is 0 Å². The van der Waals surface area contributed by atoms with Gasteiger partial charge in [-0.15, -0.1) is 0 Å². The quantitative estimate of drug-likeness (QED) is 0.223. The largest absolute Gasteiger partial charge is 0.379 e. The Balaban J connectivity index is 1.28. The molecule has 0 bridgehead atoms. The lowest BCUT2D eigenvalue weighted by atomic mass is 10.00. The highest BCUT2D eigenvalue weighted by Gasteiger charge is 2.22. The first-order chi connectivity index (χ1) is 21.3. The smallest absolute Gasteiger partial charge is 0.318 e. The van der Waals surface area contributed by atoms with Crippen molar-refractivity contribution in [3.05, 3.63) is 114 Å². The van der Waals surface area contributed by atoms with Gasteiger partial charge in [-0.2, -0.15) is 4.31 Å². The van der Waals surface area contributed by atoms with E-state index in [0.717, 1.165) is 66.7 Å². The zero-order chi connectivity index (χ0) is 30.9. The van der Waals surface area contributed by atoms with E-state index in [1.807, 2.05) is 60.4 Å². The molecule has 8 nitrogen and oxygen atoms in total. The van der Waals surface area contributed by atoms with Gasteiger partial charge in [0.15, 0.2) is 0 Å². The van der Waals surface area contributed by atoms with Crippen molar-refractivity contribution in [1.82, 2.24) is 19.4 Å². The number of hydrogen-bond acceptors (Lipinski definition) is 5. The van der Waals surface area contributed by atoms with Crippen molar-refractivity contribution in [3.63, 3.8) is 0 Å². The highest BCUT2D eigenvalue weighted by molar-refractivity contribution is 7.89. The van der Waals surface area contributed by atoms with Crippen LogP contribution in [0.1, 0.15) is 36.1 Å². The predicted molar refractivity (Wildman–Crippen MR) is 175 cm³/mol. The summed E-state index contributed by atoms with van der Waals surface area (Å²) >= 11 is 0. The number of carbonyl (C=O) groups is 1. The normalized spacial score (nSPS) is 14.9. The standard InChI is InChI=1S/C35H42N4O4S/c1-28(33-15-8-13-31-12-6-7-14-34(31)33)36-35(40)39(21-9-20-38-22-24-43-25-23-38)27-30-16-18-32(19-17-30)44(41,42)37(2)26-29-10-4-3-5-11-29/h3-8,10-19,28H,9,20-27H2,1-2H3,(H,36,40)/t28-/m0/s1. The third-order valence-corrected chi connectivity index (χ3v) is 9.99. The van der Waals surface area contributed by atoms with Gasteiger partial charge in [0.05, 0.1) is 24.2 Å². The molecule has 232 valence electrons. The molecule has 0 aliphatic carbocycles. The number of rotatable bonds is 12. The van der Waals surface area contributed by atoms with Crippen LogP contribution in [0.4, 0.5) is 4.79 Å². The van der Waals surface area contributed by atoms with Gasteiger partial charge in [0.1, 0.15) is 0 Å². The molecule has 1 aliphatic heterocycles. The Morgan fingerprint density at radius 3 is 2.27 bits per heavy atom. The van der Waals surface area contributed by atoms with Gasteiger partial charge >= 0.3 is 6.03 Å². The van der Waals surface area contributed by atoms with Crippen molar-refractivity contribution in [3.8, 4) is 0 Å². The summed E-state index contributed by atoms with van der Waals surface area (Å²) in [5.74, 6) is 0. The molecule has 4 aromatic carbocycles. The lowest BCUT2D eigenvalue weighted by Gasteiger charge is -2.29. The number of fused-ring (bicyclic) bond motifs is 1. The van der Waals surface area contributed by atoms with Crippen LogP contribution in [0, 0.1) is 0 Å². The van der Waals surface area contributed by atoms with Crippen molar-refractivity contribution in [1.29, 1.82) is 0 Å². The van der Waals surface area contributed by atoms with E-state index >= 15 is 0 Å². The molecule has 5 rings (SSSR count). The molecule has 0 radical (unpaired) electrons. The third-order valence-electron chi connectivity index (χ3n) is 8.18. The van der Waals surface area contributed by atoms with E-state index in [4.69, 9.17) is 4.74 Å². The van der Waals surface area contributed by atoms with E-state index in [-0.39, 0.29) is 23.5 Å². The Kier molecular flexibility index (Phi) is 10.7. The number of urea groups is 1. The minimum absolute atomic E-state index is 0.147. The summed E-state index contributed by atoms with van der Waals surface area (Å²) < 4.78 is 33.3. The zero-order valence-corrected chi connectivity index (χ0v) is 26.4. The fourth-order valence-electron chi connectivity index (χ4n) is 5.64. The molecule has 1 aliphatic rings. The maximum absolute atomic E-state index is 13.7. The lowest BCUT2D eigenvalue weighted by Crippen LogP contribution is -2.43. The van der Waals surface area contributed by atoms with Gasteiger partial charge in [-0.05, 0) is 52.9 Å². The SMILES string of the molecule is C[C@H](NC(=O)N(CCCN1CCOCC1)Cc1ccc(S(=O)(=O)N(C)Cc2ccccc2)cc1)c1cccc2ccccc12. The van der Waals surface area contributed by atoms with Crippen LogP contribution in [0.5, 0.6) is 0 Å². The number of carbonyl (C=O) groups excluding carboxylic acids is 1. The highest BCUT2D eigenvalue weighted by atomic mass is 32.2. The van der Waals surface area contributed by atoms with Crippen LogP contribution in [0.25, 0.3) is 10.8 Å². The minimum Gasteiger partial charge on any atom is -0.379 e. The molecule has 1 saturated heterocycles. The Labute approximate surface area is 261 Å². The van der Waals surface area contributed by atoms with Crippen LogP contribution in [-0.2, 0) is 27.8 Å². The average molecular weight is 615 g/mol. The van der Waals surface area contributed by atoms with Gasteiger partial charge in [0, 0.05) is 46.3 Å². The molecule has 2 amide bonds. The maximum atomic E-state index is 13.7. The average Bonchev–Trinajstić information content (AvgIpc) is 3.05. The number of nitrogens with zero attached hydrogens (tertiary/aromatic N) is 3. The van der Waals surface area contributed by atoms with Gasteiger partial charge in [-0.1, -0.05) is 84.9 Å². The fraction of sp³-hybridized carbons (Fsp3) is 0.343. The fourth-order valence-corrected chi connectivity index (χ4v) is 6.80. The van der Waals surface area contributed by atoms with Gasteiger partial charge in [-0.25, -0.2) is 13.2 Å². The van der Waals surface area contributed by atoms with Crippen molar-refractivity contribution >= 4 is 26.8 Å². The number of sulfonamides is 1. The lowest BCUT2D eigenvalue weighted by molar-refractivity contribution is 0.0364. The first-order valence-electron chi connectivity index (χ1n) is 15.2. The molecule has 1 atom stereocenters. The van der Waals surface area contributed by atoms with Crippen LogP contribution in [-0.4, -0.2) is 75.0 Å². The molecule has 1 heterocycles. The third kappa shape index (κ3) is 8.04. The molecule has 9 heteroatoms. The number of hydrogen-bond donors (Lipinski definition) is 1. The second-order valence-corrected chi connectivity index (χ2v) is 13.4. The second-order valence-electron chi connectivity index (χ2n) is 11.4. The van der Waals surface area contributed by atoms with E-state index in [2.05, 4.69) is 34.5 Å². The predicted octanol–water partition coefficient (Wildman–Crippen LogP) is 5.66. The Morgan fingerprint density at radius 2 is 1.52 bits per heavy atom. The number of morpholine rings is 1. The summed E-state index contributed by atoms with van der Waals surface area (Å²) in [4.78, 5) is 18.1. The van der Waals surface area contributed by atoms with Crippen LogP contribution >= 0.6 is 0 Å². The first-order valence-corrected chi connectivity index (χ1v) is 16.7. The topological polar surface area (TPSA) is 82.2 Å². The van der Waals surface area contributed by atoms with E-state index in [0.29, 0.717) is 13.1 Å². The Bertz CT molecular complexity index is 1620.